The van der Waals surface area contributed by atoms with E-state index in [1.807, 2.05) is 13.8 Å². The van der Waals surface area contributed by atoms with Gasteiger partial charge in [0.15, 0.2) is 0 Å². The van der Waals surface area contributed by atoms with Gasteiger partial charge in [-0.05, 0) is 20.3 Å². The Balaban J connectivity index is 2.66. The monoisotopic (exact) mass is 172 g/mol. The number of piperidine rings is 1. The van der Waals surface area contributed by atoms with Gasteiger partial charge in [0.05, 0.1) is 5.92 Å². The predicted octanol–water partition coefficient (Wildman–Crippen LogP) is -0.214. The Morgan fingerprint density at radius 2 is 2.25 bits per heavy atom. The lowest BCUT2D eigenvalue weighted by Gasteiger charge is -2.38. The van der Waals surface area contributed by atoms with Gasteiger partial charge in [-0.25, -0.2) is 0 Å². The molecule has 0 amide bonds. The number of nitrogens with one attached hydrogen (secondary N) is 1. The van der Waals surface area contributed by atoms with Gasteiger partial charge in [-0.15, -0.1) is 0 Å². The van der Waals surface area contributed by atoms with Crippen molar-refractivity contribution in [2.24, 2.45) is 11.7 Å². The zero-order valence-electron chi connectivity index (χ0n) is 7.50. The average Bonchev–Trinajstić information content (AvgIpc) is 1.94. The summed E-state index contributed by atoms with van der Waals surface area (Å²) >= 11 is 0. The molecule has 4 heteroatoms. The van der Waals surface area contributed by atoms with Gasteiger partial charge in [-0.2, -0.15) is 0 Å². The van der Waals surface area contributed by atoms with Crippen LogP contribution in [0.3, 0.4) is 0 Å². The minimum atomic E-state index is -0.780. The van der Waals surface area contributed by atoms with E-state index in [9.17, 15) is 4.79 Å². The van der Waals surface area contributed by atoms with Crippen LogP contribution >= 0.6 is 0 Å². The lowest BCUT2D eigenvalue weighted by atomic mass is 9.82. The Hall–Kier alpha value is -0.610. The Labute approximate surface area is 72.1 Å². The summed E-state index contributed by atoms with van der Waals surface area (Å²) in [5.41, 5.74) is 5.56. The highest BCUT2D eigenvalue weighted by atomic mass is 16.4. The van der Waals surface area contributed by atoms with Crippen LogP contribution in [0.15, 0.2) is 0 Å². The summed E-state index contributed by atoms with van der Waals surface area (Å²) in [6.07, 6.45) is 0.601. The molecule has 12 heavy (non-hydrogen) atoms. The number of carbonyl (C=O) groups is 1. The molecular formula is C8H16N2O2. The van der Waals surface area contributed by atoms with E-state index in [1.54, 1.807) is 0 Å². The Morgan fingerprint density at radius 3 is 2.67 bits per heavy atom. The third-order valence-electron chi connectivity index (χ3n) is 2.38. The highest BCUT2D eigenvalue weighted by Crippen LogP contribution is 2.23. The first kappa shape index (κ1) is 9.48. The van der Waals surface area contributed by atoms with Gasteiger partial charge < -0.3 is 16.2 Å². The SMILES string of the molecule is CC1(C)CC(C(=O)O)C(N)CN1. The second-order valence-corrected chi connectivity index (χ2v) is 4.08. The van der Waals surface area contributed by atoms with Crippen molar-refractivity contribution in [1.29, 1.82) is 0 Å². The number of aliphatic carboxylic acids is 1. The van der Waals surface area contributed by atoms with Crippen LogP contribution in [0, 0.1) is 5.92 Å². The van der Waals surface area contributed by atoms with E-state index in [0.29, 0.717) is 13.0 Å². The van der Waals surface area contributed by atoms with Crippen LogP contribution < -0.4 is 11.1 Å². The summed E-state index contributed by atoms with van der Waals surface area (Å²) in [5, 5.41) is 12.0. The van der Waals surface area contributed by atoms with Crippen molar-refractivity contribution >= 4 is 5.97 Å². The summed E-state index contributed by atoms with van der Waals surface area (Å²) in [7, 11) is 0. The van der Waals surface area contributed by atoms with Crippen LogP contribution in [0.5, 0.6) is 0 Å². The van der Waals surface area contributed by atoms with Crippen molar-refractivity contribution in [3.8, 4) is 0 Å². The number of hydrogen-bond donors (Lipinski definition) is 3. The second kappa shape index (κ2) is 3.03. The van der Waals surface area contributed by atoms with Gasteiger partial charge in [0, 0.05) is 18.1 Å². The Kier molecular flexibility index (Phi) is 2.39. The largest absolute Gasteiger partial charge is 0.481 e. The highest BCUT2D eigenvalue weighted by molar-refractivity contribution is 5.71. The van der Waals surface area contributed by atoms with Crippen molar-refractivity contribution in [3.63, 3.8) is 0 Å². The standard InChI is InChI=1S/C8H16N2O2/c1-8(2)3-5(7(11)12)6(9)4-10-8/h5-6,10H,3-4,9H2,1-2H3,(H,11,12). The van der Waals surface area contributed by atoms with E-state index in [-0.39, 0.29) is 11.6 Å². The van der Waals surface area contributed by atoms with Gasteiger partial charge in [-0.1, -0.05) is 0 Å². The van der Waals surface area contributed by atoms with E-state index in [0.717, 1.165) is 0 Å². The van der Waals surface area contributed by atoms with Crippen LogP contribution in [0.1, 0.15) is 20.3 Å². The Bertz CT molecular complexity index is 191. The second-order valence-electron chi connectivity index (χ2n) is 4.08. The van der Waals surface area contributed by atoms with E-state index >= 15 is 0 Å². The highest BCUT2D eigenvalue weighted by Gasteiger charge is 2.36. The average molecular weight is 172 g/mol. The molecule has 1 rings (SSSR count). The summed E-state index contributed by atoms with van der Waals surface area (Å²) in [6, 6.07) is -0.254. The van der Waals surface area contributed by atoms with Crippen LogP contribution in [-0.2, 0) is 4.79 Å². The van der Waals surface area contributed by atoms with E-state index in [2.05, 4.69) is 5.32 Å². The lowest BCUT2D eigenvalue weighted by Crippen LogP contribution is -2.57. The molecule has 0 aromatic carbocycles. The predicted molar refractivity (Wildman–Crippen MR) is 45.8 cm³/mol. The molecule has 0 saturated carbocycles. The van der Waals surface area contributed by atoms with E-state index < -0.39 is 11.9 Å². The summed E-state index contributed by atoms with van der Waals surface area (Å²) in [6.45, 7) is 4.58. The minimum absolute atomic E-state index is 0.0983. The van der Waals surface area contributed by atoms with Gasteiger partial charge in [0.1, 0.15) is 0 Å². The van der Waals surface area contributed by atoms with E-state index in [1.165, 1.54) is 0 Å². The van der Waals surface area contributed by atoms with Gasteiger partial charge in [-0.3, -0.25) is 4.79 Å². The number of hydrogen-bond acceptors (Lipinski definition) is 3. The van der Waals surface area contributed by atoms with Crippen molar-refractivity contribution in [1.82, 2.24) is 5.32 Å². The molecule has 1 aliphatic rings. The van der Waals surface area contributed by atoms with Gasteiger partial charge in [0.25, 0.3) is 0 Å². The van der Waals surface area contributed by atoms with Crippen LogP contribution in [-0.4, -0.2) is 29.2 Å². The van der Waals surface area contributed by atoms with Crippen LogP contribution in [0.4, 0.5) is 0 Å². The molecule has 1 heterocycles. The molecule has 70 valence electrons. The molecule has 1 aliphatic heterocycles. The van der Waals surface area contributed by atoms with E-state index in [4.69, 9.17) is 10.8 Å². The smallest absolute Gasteiger partial charge is 0.308 e. The fourth-order valence-electron chi connectivity index (χ4n) is 1.58. The number of carboxylic acids is 1. The first-order valence-corrected chi connectivity index (χ1v) is 4.16. The minimum Gasteiger partial charge on any atom is -0.481 e. The lowest BCUT2D eigenvalue weighted by molar-refractivity contribution is -0.144. The number of rotatable bonds is 1. The molecule has 1 saturated heterocycles. The third kappa shape index (κ3) is 1.95. The maximum Gasteiger partial charge on any atom is 0.308 e. The summed E-state index contributed by atoms with van der Waals surface area (Å²) < 4.78 is 0. The molecule has 4 N–H and O–H groups in total. The summed E-state index contributed by atoms with van der Waals surface area (Å²) in [4.78, 5) is 10.7. The fourth-order valence-corrected chi connectivity index (χ4v) is 1.58. The topological polar surface area (TPSA) is 75.3 Å². The molecular weight excluding hydrogens is 156 g/mol. The Morgan fingerprint density at radius 1 is 1.67 bits per heavy atom. The van der Waals surface area contributed by atoms with Crippen molar-refractivity contribution in [2.45, 2.75) is 31.8 Å². The molecule has 0 aromatic heterocycles. The molecule has 1 fully saturated rings. The van der Waals surface area contributed by atoms with Gasteiger partial charge in [0.2, 0.25) is 0 Å². The summed E-state index contributed by atoms with van der Waals surface area (Å²) in [5.74, 6) is -1.18. The molecule has 0 radical (unpaired) electrons. The zero-order chi connectivity index (χ0) is 9.35. The molecule has 0 aromatic rings. The maximum absolute atomic E-state index is 10.7. The molecule has 0 aliphatic carbocycles. The normalized spacial score (nSPS) is 34.6. The molecule has 0 spiro atoms. The van der Waals surface area contributed by atoms with Gasteiger partial charge >= 0.3 is 5.97 Å². The van der Waals surface area contributed by atoms with Crippen LogP contribution in [0.25, 0.3) is 0 Å². The molecule has 2 unspecified atom stereocenters. The third-order valence-corrected chi connectivity index (χ3v) is 2.38. The van der Waals surface area contributed by atoms with Crippen molar-refractivity contribution in [2.75, 3.05) is 6.54 Å². The molecule has 4 nitrogen and oxygen atoms in total. The first-order chi connectivity index (χ1) is 5.42. The maximum atomic E-state index is 10.7. The quantitative estimate of drug-likeness (QED) is 0.511. The van der Waals surface area contributed by atoms with Crippen molar-refractivity contribution in [3.05, 3.63) is 0 Å². The van der Waals surface area contributed by atoms with Crippen molar-refractivity contribution < 1.29 is 9.90 Å². The number of nitrogens with two attached hydrogens (primary N) is 1. The zero-order valence-corrected chi connectivity index (χ0v) is 7.50. The molecule has 2 atom stereocenters. The number of carboxylic acid groups (broad SMARTS) is 1. The fraction of sp³-hybridized carbons (Fsp3) is 0.875. The van der Waals surface area contributed by atoms with Crippen LogP contribution in [0.2, 0.25) is 0 Å². The molecule has 0 bridgehead atoms. The first-order valence-electron chi connectivity index (χ1n) is 4.16.